The zero-order valence-electron chi connectivity index (χ0n) is 38.1. The van der Waals surface area contributed by atoms with E-state index in [0.717, 1.165) is 57.8 Å². The number of ether oxygens (including phenoxy) is 2. The van der Waals surface area contributed by atoms with Crippen LogP contribution in [0.3, 0.4) is 0 Å². The lowest BCUT2D eigenvalue weighted by Crippen LogP contribution is -2.37. The van der Waals surface area contributed by atoms with Crippen LogP contribution in [0.1, 0.15) is 226 Å². The Hall–Kier alpha value is -1.25. The van der Waals surface area contributed by atoms with Crippen LogP contribution in [0.5, 0.6) is 0 Å². The van der Waals surface area contributed by atoms with E-state index in [2.05, 4.69) is 26.0 Å². The molecule has 0 aromatic rings. The first-order valence-electron chi connectivity index (χ1n) is 23.9. The molecule has 0 aliphatic heterocycles. The Balaban J connectivity index is 4.15. The van der Waals surface area contributed by atoms with Gasteiger partial charge in [-0.15, -0.1) is 0 Å². The molecule has 0 saturated heterocycles. The summed E-state index contributed by atoms with van der Waals surface area (Å²) in [6, 6.07) is 0. The number of hydrogen-bond acceptors (Lipinski definition) is 7. The first-order valence-corrected chi connectivity index (χ1v) is 25.4. The van der Waals surface area contributed by atoms with E-state index in [1.165, 1.54) is 135 Å². The van der Waals surface area contributed by atoms with Gasteiger partial charge in [-0.1, -0.05) is 193 Å². The van der Waals surface area contributed by atoms with Crippen molar-refractivity contribution in [3.05, 3.63) is 12.2 Å². The molecule has 0 aromatic carbocycles. The van der Waals surface area contributed by atoms with Gasteiger partial charge in [0.15, 0.2) is 6.10 Å². The highest BCUT2D eigenvalue weighted by Gasteiger charge is 2.27. The molecule has 9 nitrogen and oxygen atoms in total. The van der Waals surface area contributed by atoms with Gasteiger partial charge >= 0.3 is 19.8 Å². The number of unbranched alkanes of at least 4 members (excludes halogenated alkanes) is 28. The van der Waals surface area contributed by atoms with Crippen LogP contribution in [0.15, 0.2) is 12.2 Å². The van der Waals surface area contributed by atoms with E-state index in [0.29, 0.717) is 23.9 Å². The van der Waals surface area contributed by atoms with Crippen LogP contribution in [0.25, 0.3) is 0 Å². The highest BCUT2D eigenvalue weighted by atomic mass is 31.2. The third-order valence-electron chi connectivity index (χ3n) is 10.5. The van der Waals surface area contributed by atoms with E-state index in [1.807, 2.05) is 21.1 Å². The monoisotopic (exact) mass is 831 g/mol. The highest BCUT2D eigenvalue weighted by molar-refractivity contribution is 7.47. The Kier molecular flexibility index (Phi) is 39.3. The van der Waals surface area contributed by atoms with Crippen LogP contribution < -0.4 is 0 Å². The minimum Gasteiger partial charge on any atom is -0.462 e. The summed E-state index contributed by atoms with van der Waals surface area (Å²) in [5.74, 6) is -0.799. The van der Waals surface area contributed by atoms with Gasteiger partial charge in [0.25, 0.3) is 0 Å². The van der Waals surface area contributed by atoms with Crippen LogP contribution in [0.2, 0.25) is 0 Å². The summed E-state index contributed by atoms with van der Waals surface area (Å²) < 4.78 is 34.3. The molecule has 0 bridgehead atoms. The van der Waals surface area contributed by atoms with Crippen molar-refractivity contribution in [2.75, 3.05) is 47.5 Å². The number of esters is 2. The third-order valence-corrected chi connectivity index (χ3v) is 11.5. The second kappa shape index (κ2) is 40.2. The predicted octanol–water partition coefficient (Wildman–Crippen LogP) is 13.8. The molecule has 2 unspecified atom stereocenters. The number of nitrogens with zero attached hydrogens (tertiary/aromatic N) is 1. The van der Waals surface area contributed by atoms with Gasteiger partial charge in [0.1, 0.15) is 19.8 Å². The zero-order valence-corrected chi connectivity index (χ0v) is 39.0. The van der Waals surface area contributed by atoms with Crippen LogP contribution in [0, 0.1) is 0 Å². The summed E-state index contributed by atoms with van der Waals surface area (Å²) in [7, 11) is 1.48. The predicted molar refractivity (Wildman–Crippen MR) is 238 cm³/mol. The number of carbonyl (C=O) groups excluding carboxylic acids is 2. The third kappa shape index (κ3) is 44.1. The summed E-state index contributed by atoms with van der Waals surface area (Å²) in [5.41, 5.74) is 0. The lowest BCUT2D eigenvalue weighted by Gasteiger charge is -2.24. The lowest BCUT2D eigenvalue weighted by molar-refractivity contribution is -0.870. The number of hydrogen-bond donors (Lipinski definition) is 1. The van der Waals surface area contributed by atoms with Gasteiger partial charge in [0, 0.05) is 12.8 Å². The van der Waals surface area contributed by atoms with Crippen LogP contribution in [-0.4, -0.2) is 74.9 Å². The molecule has 0 rings (SSSR count). The van der Waals surface area contributed by atoms with E-state index in [1.54, 1.807) is 0 Å². The van der Waals surface area contributed by atoms with Crippen LogP contribution >= 0.6 is 7.82 Å². The first kappa shape index (κ1) is 55.8. The number of phosphoric acid groups is 1. The van der Waals surface area contributed by atoms with Gasteiger partial charge in [0.05, 0.1) is 27.7 Å². The van der Waals surface area contributed by atoms with Crippen molar-refractivity contribution in [3.8, 4) is 0 Å². The summed E-state index contributed by atoms with van der Waals surface area (Å²) in [4.78, 5) is 35.4. The smallest absolute Gasteiger partial charge is 0.462 e. The van der Waals surface area contributed by atoms with Crippen LogP contribution in [0.4, 0.5) is 0 Å². The zero-order chi connectivity index (χ0) is 42.1. The largest absolute Gasteiger partial charge is 0.472 e. The Bertz CT molecular complexity index is 985. The molecule has 338 valence electrons. The first-order chi connectivity index (χ1) is 27.5. The van der Waals surface area contributed by atoms with E-state index in [9.17, 15) is 19.0 Å². The molecule has 0 spiro atoms. The van der Waals surface area contributed by atoms with Crippen molar-refractivity contribution in [1.82, 2.24) is 0 Å². The van der Waals surface area contributed by atoms with Crippen LogP contribution in [-0.2, 0) is 32.7 Å². The molecule has 57 heavy (non-hydrogen) atoms. The number of phosphoric ester groups is 1. The van der Waals surface area contributed by atoms with E-state index in [-0.39, 0.29) is 25.6 Å². The Morgan fingerprint density at radius 1 is 0.526 bits per heavy atom. The summed E-state index contributed by atoms with van der Waals surface area (Å²) >= 11 is 0. The molecule has 2 atom stereocenters. The van der Waals surface area contributed by atoms with Crippen molar-refractivity contribution >= 4 is 19.8 Å². The fourth-order valence-electron chi connectivity index (χ4n) is 6.76. The number of rotatable bonds is 44. The van der Waals surface area contributed by atoms with Crippen molar-refractivity contribution in [3.63, 3.8) is 0 Å². The average Bonchev–Trinajstić information content (AvgIpc) is 3.16. The number of likely N-dealkylation sites (N-methyl/N-ethyl adjacent to an activating group) is 1. The molecule has 0 heterocycles. The van der Waals surface area contributed by atoms with Gasteiger partial charge in [0.2, 0.25) is 0 Å². The van der Waals surface area contributed by atoms with E-state index >= 15 is 0 Å². The topological polar surface area (TPSA) is 108 Å². The Labute approximate surface area is 352 Å². The van der Waals surface area contributed by atoms with Gasteiger partial charge in [-0.3, -0.25) is 18.6 Å². The van der Waals surface area contributed by atoms with Gasteiger partial charge in [-0.05, 0) is 32.1 Å². The number of quaternary nitrogens is 1. The minimum absolute atomic E-state index is 0.0331. The molecule has 0 aliphatic carbocycles. The maximum atomic E-state index is 12.7. The summed E-state index contributed by atoms with van der Waals surface area (Å²) in [6.07, 6.45) is 42.7. The lowest BCUT2D eigenvalue weighted by atomic mass is 10.0. The molecular weight excluding hydrogens is 737 g/mol. The molecule has 0 amide bonds. The SMILES string of the molecule is CCCC/C=C\CCCCCCCC(=O)OC(COC(=O)CCCCCCCCCCCCCCCCCCCCCCCC)COP(=O)(O)OCC[N+](C)(C)C. The Morgan fingerprint density at radius 2 is 0.912 bits per heavy atom. The molecule has 0 radical (unpaired) electrons. The fourth-order valence-corrected chi connectivity index (χ4v) is 7.50. The second-order valence-corrected chi connectivity index (χ2v) is 19.0. The molecular formula is C47H93NO8P+. The highest BCUT2D eigenvalue weighted by Crippen LogP contribution is 2.43. The molecule has 0 aliphatic rings. The molecule has 0 aromatic heterocycles. The van der Waals surface area contributed by atoms with Gasteiger partial charge in [-0.2, -0.15) is 0 Å². The summed E-state index contributed by atoms with van der Waals surface area (Å²) in [6.45, 7) is 4.40. The second-order valence-electron chi connectivity index (χ2n) is 17.5. The van der Waals surface area contributed by atoms with Crippen molar-refractivity contribution < 1.29 is 42.1 Å². The normalized spacial score (nSPS) is 13.6. The maximum absolute atomic E-state index is 12.7. The Morgan fingerprint density at radius 3 is 1.35 bits per heavy atom. The average molecular weight is 831 g/mol. The van der Waals surface area contributed by atoms with Crippen molar-refractivity contribution in [2.45, 2.75) is 232 Å². The quantitative estimate of drug-likeness (QED) is 0.0213. The minimum atomic E-state index is -4.37. The van der Waals surface area contributed by atoms with E-state index in [4.69, 9.17) is 18.5 Å². The van der Waals surface area contributed by atoms with Gasteiger partial charge < -0.3 is 18.9 Å². The maximum Gasteiger partial charge on any atom is 0.472 e. The number of allylic oxidation sites excluding steroid dienone is 2. The fraction of sp³-hybridized carbons (Fsp3) is 0.915. The molecule has 0 fully saturated rings. The van der Waals surface area contributed by atoms with Crippen molar-refractivity contribution in [1.29, 1.82) is 0 Å². The number of carbonyl (C=O) groups is 2. The van der Waals surface area contributed by atoms with Gasteiger partial charge in [-0.25, -0.2) is 4.57 Å². The summed E-state index contributed by atoms with van der Waals surface area (Å²) in [5, 5.41) is 0. The molecule has 1 N–H and O–H groups in total. The van der Waals surface area contributed by atoms with E-state index < -0.39 is 26.5 Å². The molecule has 10 heteroatoms. The van der Waals surface area contributed by atoms with Crippen molar-refractivity contribution in [2.24, 2.45) is 0 Å². The standard InChI is InChI=1S/C47H92NO8P/c1-6-8-10-12-14-16-18-19-20-21-22-23-24-25-26-27-28-30-31-33-35-37-39-46(49)53-43-45(44-55-57(51,52)54-42-41-48(3,4)5)56-47(50)40-38-36-34-32-29-17-15-13-11-9-7-2/h13,15,45H,6-12,14,16-44H2,1-5H3/p+1/b15-13-. The molecule has 0 saturated carbocycles.